The van der Waals surface area contributed by atoms with E-state index in [2.05, 4.69) is 26.9 Å². The molecule has 0 N–H and O–H groups in total. The molecule has 144 valence electrons. The Kier molecular flexibility index (Phi) is 4.26. The average Bonchev–Trinajstić information content (AvgIpc) is 3.05. The van der Waals surface area contributed by atoms with Gasteiger partial charge in [0.05, 0.1) is 12.6 Å². The normalized spacial score (nSPS) is 21.8. The van der Waals surface area contributed by atoms with E-state index in [0.29, 0.717) is 12.1 Å². The van der Waals surface area contributed by atoms with Crippen molar-refractivity contribution in [1.29, 1.82) is 0 Å². The molecular formula is C22H23FN4O. The number of benzene rings is 2. The van der Waals surface area contributed by atoms with E-state index in [0.717, 1.165) is 48.5 Å². The minimum atomic E-state index is -0.257. The van der Waals surface area contributed by atoms with E-state index in [1.54, 1.807) is 19.4 Å². The molecule has 5 nitrogen and oxygen atoms in total. The monoisotopic (exact) mass is 378 g/mol. The fourth-order valence-corrected chi connectivity index (χ4v) is 4.52. The molecule has 2 atom stereocenters. The van der Waals surface area contributed by atoms with Crippen LogP contribution < -0.4 is 14.5 Å². The zero-order chi connectivity index (χ0) is 19.1. The Morgan fingerprint density at radius 3 is 2.64 bits per heavy atom. The van der Waals surface area contributed by atoms with Gasteiger partial charge in [-0.05, 0) is 61.7 Å². The van der Waals surface area contributed by atoms with Gasteiger partial charge < -0.3 is 14.5 Å². The Morgan fingerprint density at radius 1 is 1.00 bits per heavy atom. The Bertz CT molecular complexity index is 993. The summed E-state index contributed by atoms with van der Waals surface area (Å²) in [6.07, 6.45) is 5.13. The maximum atomic E-state index is 13.4. The van der Waals surface area contributed by atoms with Gasteiger partial charge >= 0.3 is 0 Å². The Morgan fingerprint density at radius 2 is 1.82 bits per heavy atom. The van der Waals surface area contributed by atoms with E-state index in [1.165, 1.54) is 24.2 Å². The van der Waals surface area contributed by atoms with Crippen molar-refractivity contribution in [2.45, 2.75) is 31.3 Å². The van der Waals surface area contributed by atoms with Crippen LogP contribution in [0.4, 0.5) is 16.0 Å². The summed E-state index contributed by atoms with van der Waals surface area (Å²) >= 11 is 0. The van der Waals surface area contributed by atoms with E-state index in [4.69, 9.17) is 9.72 Å². The standard InChI is InChI=1S/C22H23FN4O/c1-28-20-7-5-17(6-8-20)27-14-19-4-3-18(27)10-11-26(19)22-24-13-15-12-16(23)2-9-21(15)25-22/h2,5-9,12-13,18-19H,3-4,10-11,14H2,1H3/t18-,19+/m1/s1. The van der Waals surface area contributed by atoms with E-state index < -0.39 is 0 Å². The molecule has 0 saturated carbocycles. The summed E-state index contributed by atoms with van der Waals surface area (Å²) in [7, 11) is 1.69. The van der Waals surface area contributed by atoms with Gasteiger partial charge in [-0.25, -0.2) is 14.4 Å². The molecule has 0 amide bonds. The molecule has 1 aromatic heterocycles. The molecule has 2 aromatic carbocycles. The van der Waals surface area contributed by atoms with Crippen LogP contribution >= 0.6 is 0 Å². The summed E-state index contributed by atoms with van der Waals surface area (Å²) in [4.78, 5) is 14.2. The predicted octanol–water partition coefficient (Wildman–Crippen LogP) is 4.03. The number of methoxy groups -OCH3 is 1. The third-order valence-electron chi connectivity index (χ3n) is 6.02. The molecule has 0 radical (unpaired) electrons. The van der Waals surface area contributed by atoms with Crippen LogP contribution in [-0.4, -0.2) is 42.3 Å². The van der Waals surface area contributed by atoms with E-state index >= 15 is 0 Å². The average molecular weight is 378 g/mol. The number of fused-ring (bicyclic) bond motifs is 5. The number of halogens is 1. The Hall–Kier alpha value is -2.89. The summed E-state index contributed by atoms with van der Waals surface area (Å²) in [5.74, 6) is 1.38. The number of ether oxygens (including phenoxy) is 1. The summed E-state index contributed by atoms with van der Waals surface area (Å²) < 4.78 is 18.7. The molecule has 3 aromatic rings. The van der Waals surface area contributed by atoms with Gasteiger partial charge in [0.1, 0.15) is 11.6 Å². The lowest BCUT2D eigenvalue weighted by atomic mass is 9.98. The fourth-order valence-electron chi connectivity index (χ4n) is 4.52. The first-order valence-corrected chi connectivity index (χ1v) is 9.81. The molecule has 0 spiro atoms. The molecule has 2 bridgehead atoms. The van der Waals surface area contributed by atoms with Crippen molar-refractivity contribution in [1.82, 2.24) is 9.97 Å². The number of aromatic nitrogens is 2. The summed E-state index contributed by atoms with van der Waals surface area (Å²) in [5, 5.41) is 0.739. The van der Waals surface area contributed by atoms with Crippen molar-refractivity contribution >= 4 is 22.5 Å². The Balaban J connectivity index is 1.43. The quantitative estimate of drug-likeness (QED) is 0.688. The molecule has 3 fully saturated rings. The van der Waals surface area contributed by atoms with Gasteiger partial charge in [0, 0.05) is 42.4 Å². The molecule has 6 rings (SSSR count). The number of hydrogen-bond acceptors (Lipinski definition) is 5. The second-order valence-electron chi connectivity index (χ2n) is 7.59. The minimum Gasteiger partial charge on any atom is -0.497 e. The van der Waals surface area contributed by atoms with Gasteiger partial charge in [-0.3, -0.25) is 0 Å². The van der Waals surface area contributed by atoms with Gasteiger partial charge in [-0.15, -0.1) is 0 Å². The van der Waals surface area contributed by atoms with Gasteiger partial charge in [0.25, 0.3) is 0 Å². The highest BCUT2D eigenvalue weighted by Crippen LogP contribution is 2.34. The van der Waals surface area contributed by atoms with Gasteiger partial charge in [-0.1, -0.05) is 0 Å². The zero-order valence-electron chi connectivity index (χ0n) is 15.9. The largest absolute Gasteiger partial charge is 0.497 e. The Labute approximate surface area is 163 Å². The van der Waals surface area contributed by atoms with Crippen LogP contribution in [0.3, 0.4) is 0 Å². The molecule has 6 heteroatoms. The number of piperidine rings is 1. The molecule has 3 aliphatic heterocycles. The number of nitrogens with zero attached hydrogens (tertiary/aromatic N) is 4. The highest BCUT2D eigenvalue weighted by atomic mass is 19.1. The van der Waals surface area contributed by atoms with Crippen LogP contribution in [0.5, 0.6) is 5.75 Å². The molecule has 3 saturated heterocycles. The summed E-state index contributed by atoms with van der Waals surface area (Å²) in [6.45, 7) is 1.90. The number of rotatable bonds is 3. The molecule has 3 aliphatic rings. The van der Waals surface area contributed by atoms with Gasteiger partial charge in [0.15, 0.2) is 0 Å². The smallest absolute Gasteiger partial charge is 0.226 e. The lowest BCUT2D eigenvalue weighted by molar-refractivity contribution is 0.414. The fraction of sp³-hybridized carbons (Fsp3) is 0.364. The first-order valence-electron chi connectivity index (χ1n) is 9.81. The molecule has 4 heterocycles. The topological polar surface area (TPSA) is 41.5 Å². The highest BCUT2D eigenvalue weighted by molar-refractivity contribution is 5.78. The van der Waals surface area contributed by atoms with Crippen LogP contribution in [-0.2, 0) is 0 Å². The maximum Gasteiger partial charge on any atom is 0.226 e. The first-order chi connectivity index (χ1) is 13.7. The van der Waals surface area contributed by atoms with E-state index in [1.807, 2.05) is 12.1 Å². The number of anilines is 2. The molecular weight excluding hydrogens is 355 g/mol. The van der Waals surface area contributed by atoms with E-state index in [9.17, 15) is 4.39 Å². The van der Waals surface area contributed by atoms with Crippen LogP contribution in [0, 0.1) is 5.82 Å². The van der Waals surface area contributed by atoms with Crippen LogP contribution in [0.15, 0.2) is 48.7 Å². The van der Waals surface area contributed by atoms with Crippen molar-refractivity contribution < 1.29 is 9.13 Å². The molecule has 0 unspecified atom stereocenters. The van der Waals surface area contributed by atoms with Crippen molar-refractivity contribution in [2.75, 3.05) is 30.0 Å². The van der Waals surface area contributed by atoms with Gasteiger partial charge in [-0.2, -0.15) is 0 Å². The van der Waals surface area contributed by atoms with Crippen molar-refractivity contribution in [3.8, 4) is 5.75 Å². The lowest BCUT2D eigenvalue weighted by Gasteiger charge is -2.40. The van der Waals surface area contributed by atoms with Gasteiger partial charge in [0.2, 0.25) is 5.95 Å². The lowest BCUT2D eigenvalue weighted by Crippen LogP contribution is -2.48. The third-order valence-corrected chi connectivity index (χ3v) is 6.02. The van der Waals surface area contributed by atoms with Crippen LogP contribution in [0.25, 0.3) is 10.9 Å². The summed E-state index contributed by atoms with van der Waals surface area (Å²) in [5.41, 5.74) is 2.03. The highest BCUT2D eigenvalue weighted by Gasteiger charge is 2.36. The van der Waals surface area contributed by atoms with Crippen LogP contribution in [0.1, 0.15) is 19.3 Å². The summed E-state index contributed by atoms with van der Waals surface area (Å²) in [6, 6.07) is 13.9. The molecule has 0 aliphatic carbocycles. The van der Waals surface area contributed by atoms with E-state index in [-0.39, 0.29) is 5.82 Å². The SMILES string of the molecule is COc1ccc(N2C[C@@H]3CC[C@@H]2CCN3c2ncc3cc(F)ccc3n2)cc1. The number of hydrogen-bond donors (Lipinski definition) is 0. The van der Waals surface area contributed by atoms with Crippen LogP contribution in [0.2, 0.25) is 0 Å². The van der Waals surface area contributed by atoms with Crippen molar-refractivity contribution in [3.63, 3.8) is 0 Å². The molecule has 28 heavy (non-hydrogen) atoms. The third kappa shape index (κ3) is 3.03. The zero-order valence-corrected chi connectivity index (χ0v) is 15.9. The second-order valence-corrected chi connectivity index (χ2v) is 7.59. The predicted molar refractivity (Wildman–Crippen MR) is 109 cm³/mol. The second kappa shape index (κ2) is 6.93. The first kappa shape index (κ1) is 17.2. The van der Waals surface area contributed by atoms with Crippen molar-refractivity contribution in [3.05, 3.63) is 54.5 Å². The van der Waals surface area contributed by atoms with Crippen molar-refractivity contribution in [2.24, 2.45) is 0 Å². The minimum absolute atomic E-state index is 0.257. The maximum absolute atomic E-state index is 13.4.